The number of amides is 1. The van der Waals surface area contributed by atoms with E-state index >= 15 is 0 Å². The van der Waals surface area contributed by atoms with Gasteiger partial charge in [0, 0.05) is 18.9 Å². The molecule has 0 saturated carbocycles. The number of aromatic hydroxyl groups is 1. The van der Waals surface area contributed by atoms with Crippen molar-refractivity contribution in [3.63, 3.8) is 0 Å². The molecule has 0 saturated heterocycles. The van der Waals surface area contributed by atoms with E-state index in [1.165, 1.54) is 11.9 Å². The van der Waals surface area contributed by atoms with Crippen LogP contribution in [-0.2, 0) is 4.79 Å². The van der Waals surface area contributed by atoms with Crippen molar-refractivity contribution in [2.24, 2.45) is 5.10 Å². The molecule has 2 heterocycles. The fourth-order valence-electron chi connectivity index (χ4n) is 2.40. The molecule has 102 valence electrons. The summed E-state index contributed by atoms with van der Waals surface area (Å²) in [7, 11) is 0. The van der Waals surface area contributed by atoms with Crippen LogP contribution in [0.4, 0.5) is 0 Å². The summed E-state index contributed by atoms with van der Waals surface area (Å²) in [6.07, 6.45) is 0.623. The molecule has 1 atom stereocenters. The van der Waals surface area contributed by atoms with Gasteiger partial charge in [0.25, 0.3) is 0 Å². The first kappa shape index (κ1) is 12.9. The van der Waals surface area contributed by atoms with Gasteiger partial charge < -0.3 is 5.11 Å². The zero-order chi connectivity index (χ0) is 14.1. The fraction of sp³-hybridized carbons (Fsp3) is 0.200. The molecule has 0 spiro atoms. The van der Waals surface area contributed by atoms with E-state index in [4.69, 9.17) is 0 Å². The van der Waals surface area contributed by atoms with Crippen molar-refractivity contribution in [3.05, 3.63) is 52.2 Å². The van der Waals surface area contributed by atoms with Crippen LogP contribution in [0.25, 0.3) is 0 Å². The maximum Gasteiger partial charge on any atom is 0.240 e. The second-order valence-electron chi connectivity index (χ2n) is 4.67. The third-order valence-electron chi connectivity index (χ3n) is 3.33. The zero-order valence-corrected chi connectivity index (χ0v) is 11.8. The minimum absolute atomic E-state index is 0.121. The fourth-order valence-corrected chi connectivity index (χ4v) is 3.12. The van der Waals surface area contributed by atoms with Crippen molar-refractivity contribution in [3.8, 4) is 5.75 Å². The third-order valence-corrected chi connectivity index (χ3v) is 4.25. The van der Waals surface area contributed by atoms with Gasteiger partial charge in [-0.05, 0) is 17.5 Å². The minimum atomic E-state index is -0.231. The van der Waals surface area contributed by atoms with E-state index in [9.17, 15) is 9.90 Å². The lowest BCUT2D eigenvalue weighted by Gasteiger charge is -2.21. The molecule has 20 heavy (non-hydrogen) atoms. The van der Waals surface area contributed by atoms with E-state index in [0.29, 0.717) is 6.42 Å². The van der Waals surface area contributed by atoms with Crippen molar-refractivity contribution in [1.29, 1.82) is 0 Å². The smallest absolute Gasteiger partial charge is 0.240 e. The number of benzene rings is 1. The Bertz CT molecular complexity index is 664. The quantitative estimate of drug-likeness (QED) is 0.922. The van der Waals surface area contributed by atoms with E-state index in [2.05, 4.69) is 5.10 Å². The van der Waals surface area contributed by atoms with Crippen LogP contribution >= 0.6 is 11.3 Å². The molecule has 1 aliphatic heterocycles. The molecule has 1 aromatic heterocycles. The van der Waals surface area contributed by atoms with E-state index < -0.39 is 0 Å². The molecule has 2 aromatic rings. The molecule has 1 N–H and O–H groups in total. The lowest BCUT2D eigenvalue weighted by Crippen LogP contribution is -2.24. The standard InChI is InChI=1S/C15H14N2O2S/c1-10(18)17-13(11-5-2-3-6-14(11)19)9-12(16-17)15-7-4-8-20-15/h2-8,13,19H,9H2,1H3/t13-/m0/s1. The Hall–Kier alpha value is -2.14. The van der Waals surface area contributed by atoms with Gasteiger partial charge in [0.1, 0.15) is 5.75 Å². The highest BCUT2D eigenvalue weighted by atomic mass is 32.1. The average molecular weight is 286 g/mol. The molecule has 5 heteroatoms. The highest BCUT2D eigenvalue weighted by Gasteiger charge is 2.33. The van der Waals surface area contributed by atoms with Crippen molar-refractivity contribution >= 4 is 23.0 Å². The summed E-state index contributed by atoms with van der Waals surface area (Å²) < 4.78 is 0. The summed E-state index contributed by atoms with van der Waals surface area (Å²) in [5.41, 5.74) is 1.63. The summed E-state index contributed by atoms with van der Waals surface area (Å²) in [6, 6.07) is 10.8. The van der Waals surface area contributed by atoms with Gasteiger partial charge >= 0.3 is 0 Å². The van der Waals surface area contributed by atoms with Crippen LogP contribution < -0.4 is 0 Å². The number of hydrogen-bond donors (Lipinski definition) is 1. The molecular weight excluding hydrogens is 272 g/mol. The number of hydrazone groups is 1. The van der Waals surface area contributed by atoms with Gasteiger partial charge in [-0.2, -0.15) is 5.10 Å². The number of phenolic OH excluding ortho intramolecular Hbond substituents is 1. The van der Waals surface area contributed by atoms with E-state index in [1.807, 2.05) is 29.6 Å². The van der Waals surface area contributed by atoms with Crippen molar-refractivity contribution in [2.45, 2.75) is 19.4 Å². The number of carbonyl (C=O) groups is 1. The van der Waals surface area contributed by atoms with Crippen LogP contribution in [0.3, 0.4) is 0 Å². The molecule has 1 aromatic carbocycles. The Balaban J connectivity index is 1.98. The predicted octanol–water partition coefficient (Wildman–Crippen LogP) is 3.15. The molecule has 0 bridgehead atoms. The number of hydrogen-bond acceptors (Lipinski definition) is 4. The van der Waals surface area contributed by atoms with Crippen molar-refractivity contribution < 1.29 is 9.90 Å². The van der Waals surface area contributed by atoms with E-state index in [0.717, 1.165) is 16.2 Å². The van der Waals surface area contributed by atoms with E-state index in [1.54, 1.807) is 23.5 Å². The number of nitrogens with zero attached hydrogens (tertiary/aromatic N) is 2. The molecular formula is C15H14N2O2S. The molecule has 4 nitrogen and oxygen atoms in total. The van der Waals surface area contributed by atoms with Gasteiger partial charge in [0.05, 0.1) is 16.6 Å². The molecule has 0 radical (unpaired) electrons. The van der Waals surface area contributed by atoms with Crippen LogP contribution in [0, 0.1) is 0 Å². The van der Waals surface area contributed by atoms with Gasteiger partial charge in [0.2, 0.25) is 5.91 Å². The van der Waals surface area contributed by atoms with Gasteiger partial charge in [-0.15, -0.1) is 11.3 Å². The Morgan fingerprint density at radius 2 is 2.15 bits per heavy atom. The maximum absolute atomic E-state index is 11.8. The number of rotatable bonds is 2. The number of para-hydroxylation sites is 1. The lowest BCUT2D eigenvalue weighted by atomic mass is 10.0. The van der Waals surface area contributed by atoms with Crippen LogP contribution in [0.1, 0.15) is 29.8 Å². The third kappa shape index (κ3) is 2.20. The Morgan fingerprint density at radius 3 is 2.80 bits per heavy atom. The Kier molecular flexibility index (Phi) is 3.28. The Morgan fingerprint density at radius 1 is 1.35 bits per heavy atom. The van der Waals surface area contributed by atoms with E-state index in [-0.39, 0.29) is 17.7 Å². The van der Waals surface area contributed by atoms with Crippen molar-refractivity contribution in [2.75, 3.05) is 0 Å². The largest absolute Gasteiger partial charge is 0.508 e. The average Bonchev–Trinajstić information content (AvgIpc) is 3.08. The van der Waals surface area contributed by atoms with Gasteiger partial charge in [-0.1, -0.05) is 24.3 Å². The summed E-state index contributed by atoms with van der Waals surface area (Å²) in [4.78, 5) is 12.9. The molecule has 1 amide bonds. The molecule has 1 aliphatic rings. The maximum atomic E-state index is 11.8. The van der Waals surface area contributed by atoms with Crippen molar-refractivity contribution in [1.82, 2.24) is 5.01 Å². The number of phenols is 1. The van der Waals surface area contributed by atoms with Crippen LogP contribution in [0.15, 0.2) is 46.9 Å². The number of thiophene rings is 1. The normalized spacial score (nSPS) is 18.1. The van der Waals surface area contributed by atoms with Crippen LogP contribution in [0.5, 0.6) is 5.75 Å². The zero-order valence-electron chi connectivity index (χ0n) is 11.0. The second-order valence-corrected chi connectivity index (χ2v) is 5.61. The molecule has 3 rings (SSSR count). The van der Waals surface area contributed by atoms with Gasteiger partial charge in [-0.3, -0.25) is 4.79 Å². The van der Waals surface area contributed by atoms with Gasteiger partial charge in [0.15, 0.2) is 0 Å². The molecule has 0 fully saturated rings. The number of carbonyl (C=O) groups excluding carboxylic acids is 1. The molecule has 0 aliphatic carbocycles. The summed E-state index contributed by atoms with van der Waals surface area (Å²) in [5.74, 6) is 0.0798. The van der Waals surface area contributed by atoms with Crippen LogP contribution in [-0.4, -0.2) is 21.7 Å². The summed E-state index contributed by atoms with van der Waals surface area (Å²) in [6.45, 7) is 1.49. The first-order valence-corrected chi connectivity index (χ1v) is 7.24. The summed E-state index contributed by atoms with van der Waals surface area (Å²) in [5, 5.41) is 17.9. The monoisotopic (exact) mass is 286 g/mol. The highest BCUT2D eigenvalue weighted by Crippen LogP contribution is 2.37. The summed E-state index contributed by atoms with van der Waals surface area (Å²) >= 11 is 1.60. The first-order chi connectivity index (χ1) is 9.66. The molecule has 0 unspecified atom stereocenters. The topological polar surface area (TPSA) is 52.9 Å². The first-order valence-electron chi connectivity index (χ1n) is 6.36. The SMILES string of the molecule is CC(=O)N1N=C(c2cccs2)C[C@H]1c1ccccc1O. The lowest BCUT2D eigenvalue weighted by molar-refractivity contribution is -0.130. The predicted molar refractivity (Wildman–Crippen MR) is 78.8 cm³/mol. The second kappa shape index (κ2) is 5.09. The van der Waals surface area contributed by atoms with Crippen LogP contribution in [0.2, 0.25) is 0 Å². The minimum Gasteiger partial charge on any atom is -0.508 e. The Labute approximate surface area is 121 Å². The highest BCUT2D eigenvalue weighted by molar-refractivity contribution is 7.12. The van der Waals surface area contributed by atoms with Gasteiger partial charge in [-0.25, -0.2) is 5.01 Å².